The standard InChI is InChI=1S/C17H33N5O8/c1-27-5-7-29-11-21-15(24)9-19-14(23)4-3-13(18)17(26)20-10-16(25)22-12-30-8-6-28-2/h13H,3-12,18H2,1-2H3,(H,19,23)(H,20,26)(H,21,24)(H,22,25). The van der Waals surface area contributed by atoms with Crippen molar-refractivity contribution in [2.75, 3.05) is 67.2 Å². The molecule has 0 aromatic rings. The molecule has 0 aliphatic rings. The van der Waals surface area contributed by atoms with E-state index in [1.807, 2.05) is 0 Å². The van der Waals surface area contributed by atoms with Crippen LogP contribution in [-0.4, -0.2) is 96.9 Å². The summed E-state index contributed by atoms with van der Waals surface area (Å²) in [5.74, 6) is -1.85. The van der Waals surface area contributed by atoms with Crippen molar-refractivity contribution >= 4 is 23.6 Å². The number of carbonyl (C=O) groups excluding carboxylic acids is 4. The molecule has 0 rings (SSSR count). The minimum Gasteiger partial charge on any atom is -0.382 e. The molecule has 6 N–H and O–H groups in total. The van der Waals surface area contributed by atoms with Gasteiger partial charge in [0.2, 0.25) is 23.6 Å². The van der Waals surface area contributed by atoms with E-state index in [-0.39, 0.29) is 39.4 Å². The molecule has 0 aromatic heterocycles. The Kier molecular flexibility index (Phi) is 17.2. The van der Waals surface area contributed by atoms with Crippen LogP contribution < -0.4 is 27.0 Å². The highest BCUT2D eigenvalue weighted by Crippen LogP contribution is 1.95. The van der Waals surface area contributed by atoms with Crippen LogP contribution in [0, 0.1) is 0 Å². The molecule has 0 radical (unpaired) electrons. The molecule has 1 atom stereocenters. The molecule has 0 spiro atoms. The molecular formula is C17H33N5O8. The van der Waals surface area contributed by atoms with Crippen LogP contribution in [-0.2, 0) is 38.1 Å². The molecule has 1 unspecified atom stereocenters. The third-order valence-corrected chi connectivity index (χ3v) is 3.49. The van der Waals surface area contributed by atoms with Crippen molar-refractivity contribution < 1.29 is 38.1 Å². The van der Waals surface area contributed by atoms with Gasteiger partial charge in [-0.3, -0.25) is 19.2 Å². The first-order valence-corrected chi connectivity index (χ1v) is 9.37. The van der Waals surface area contributed by atoms with Crippen molar-refractivity contribution in [3.8, 4) is 0 Å². The zero-order chi connectivity index (χ0) is 22.6. The Morgan fingerprint density at radius 2 is 1.23 bits per heavy atom. The number of nitrogens with one attached hydrogen (secondary N) is 4. The molecule has 0 bridgehead atoms. The number of carbonyl (C=O) groups is 4. The molecular weight excluding hydrogens is 402 g/mol. The summed E-state index contributed by atoms with van der Waals surface area (Å²) >= 11 is 0. The van der Waals surface area contributed by atoms with Gasteiger partial charge >= 0.3 is 0 Å². The van der Waals surface area contributed by atoms with Gasteiger partial charge in [0.15, 0.2) is 0 Å². The topological polar surface area (TPSA) is 179 Å². The third-order valence-electron chi connectivity index (χ3n) is 3.49. The number of amides is 4. The van der Waals surface area contributed by atoms with E-state index in [1.165, 1.54) is 14.2 Å². The van der Waals surface area contributed by atoms with Gasteiger partial charge in [-0.05, 0) is 6.42 Å². The molecule has 0 heterocycles. The molecule has 30 heavy (non-hydrogen) atoms. The van der Waals surface area contributed by atoms with E-state index >= 15 is 0 Å². The summed E-state index contributed by atoms with van der Waals surface area (Å²) in [5.41, 5.74) is 5.70. The van der Waals surface area contributed by atoms with E-state index in [1.54, 1.807) is 0 Å². The van der Waals surface area contributed by atoms with E-state index in [2.05, 4.69) is 21.3 Å². The summed E-state index contributed by atoms with van der Waals surface area (Å²) in [6.45, 7) is 1.01. The van der Waals surface area contributed by atoms with Gasteiger partial charge in [0, 0.05) is 20.6 Å². The van der Waals surface area contributed by atoms with Crippen molar-refractivity contribution in [3.05, 3.63) is 0 Å². The molecule has 13 nitrogen and oxygen atoms in total. The summed E-state index contributed by atoms with van der Waals surface area (Å²) in [6, 6.07) is -0.968. The lowest BCUT2D eigenvalue weighted by Crippen LogP contribution is -2.45. The van der Waals surface area contributed by atoms with Crippen LogP contribution in [0.5, 0.6) is 0 Å². The zero-order valence-corrected chi connectivity index (χ0v) is 17.5. The van der Waals surface area contributed by atoms with Gasteiger partial charge in [0.1, 0.15) is 13.5 Å². The van der Waals surface area contributed by atoms with Gasteiger partial charge in [-0.15, -0.1) is 0 Å². The number of hydrogen-bond donors (Lipinski definition) is 5. The molecule has 0 aromatic carbocycles. The highest BCUT2D eigenvalue weighted by molar-refractivity contribution is 5.88. The fourth-order valence-electron chi connectivity index (χ4n) is 1.80. The average molecular weight is 435 g/mol. The Hall–Kier alpha value is -2.32. The molecule has 0 saturated heterocycles. The van der Waals surface area contributed by atoms with Crippen LogP contribution in [0.1, 0.15) is 12.8 Å². The first-order chi connectivity index (χ1) is 14.4. The minimum atomic E-state index is -0.968. The lowest BCUT2D eigenvalue weighted by molar-refractivity contribution is -0.128. The number of rotatable bonds is 18. The highest BCUT2D eigenvalue weighted by atomic mass is 16.5. The molecule has 174 valence electrons. The first-order valence-electron chi connectivity index (χ1n) is 9.37. The Morgan fingerprint density at radius 3 is 1.73 bits per heavy atom. The Labute approximate surface area is 175 Å². The smallest absolute Gasteiger partial charge is 0.241 e. The quantitative estimate of drug-likeness (QED) is 0.109. The summed E-state index contributed by atoms with van der Waals surface area (Å²) < 4.78 is 19.7. The number of hydrogen-bond acceptors (Lipinski definition) is 9. The average Bonchev–Trinajstić information content (AvgIpc) is 2.73. The van der Waals surface area contributed by atoms with Crippen LogP contribution in [0.3, 0.4) is 0 Å². The number of ether oxygens (including phenoxy) is 4. The second-order valence-electron chi connectivity index (χ2n) is 5.93. The maximum Gasteiger partial charge on any atom is 0.241 e. The van der Waals surface area contributed by atoms with Crippen molar-refractivity contribution in [3.63, 3.8) is 0 Å². The normalized spacial score (nSPS) is 11.4. The predicted octanol–water partition coefficient (Wildman–Crippen LogP) is -3.20. The van der Waals surface area contributed by atoms with Crippen molar-refractivity contribution in [2.45, 2.75) is 18.9 Å². The van der Waals surface area contributed by atoms with Crippen molar-refractivity contribution in [1.82, 2.24) is 21.3 Å². The lowest BCUT2D eigenvalue weighted by Gasteiger charge is -2.12. The zero-order valence-electron chi connectivity index (χ0n) is 17.5. The van der Waals surface area contributed by atoms with Gasteiger partial charge < -0.3 is 45.9 Å². The van der Waals surface area contributed by atoms with E-state index in [0.29, 0.717) is 26.4 Å². The predicted molar refractivity (Wildman–Crippen MR) is 105 cm³/mol. The van der Waals surface area contributed by atoms with Crippen LogP contribution in [0.25, 0.3) is 0 Å². The summed E-state index contributed by atoms with van der Waals surface area (Å²) in [6.07, 6.45) is 0.00685. The molecule has 4 amide bonds. The maximum atomic E-state index is 11.9. The van der Waals surface area contributed by atoms with Crippen LogP contribution in [0.2, 0.25) is 0 Å². The van der Waals surface area contributed by atoms with E-state index < -0.39 is 29.7 Å². The van der Waals surface area contributed by atoms with Crippen molar-refractivity contribution in [2.24, 2.45) is 5.73 Å². The highest BCUT2D eigenvalue weighted by Gasteiger charge is 2.16. The molecule has 0 saturated carbocycles. The van der Waals surface area contributed by atoms with E-state index in [0.717, 1.165) is 0 Å². The van der Waals surface area contributed by atoms with E-state index in [4.69, 9.17) is 24.7 Å². The van der Waals surface area contributed by atoms with Crippen LogP contribution in [0.4, 0.5) is 0 Å². The first kappa shape index (κ1) is 27.7. The van der Waals surface area contributed by atoms with Crippen LogP contribution in [0.15, 0.2) is 0 Å². The number of methoxy groups -OCH3 is 2. The number of nitrogens with two attached hydrogens (primary N) is 1. The maximum absolute atomic E-state index is 11.9. The Balaban J connectivity index is 3.80. The summed E-state index contributed by atoms with van der Waals surface area (Å²) in [7, 11) is 3.07. The van der Waals surface area contributed by atoms with Gasteiger partial charge in [0.25, 0.3) is 0 Å². The van der Waals surface area contributed by atoms with E-state index in [9.17, 15) is 19.2 Å². The van der Waals surface area contributed by atoms with Crippen molar-refractivity contribution in [1.29, 1.82) is 0 Å². The third kappa shape index (κ3) is 16.6. The summed E-state index contributed by atoms with van der Waals surface area (Å²) in [5, 5.41) is 9.69. The van der Waals surface area contributed by atoms with Crippen LogP contribution >= 0.6 is 0 Å². The monoisotopic (exact) mass is 435 g/mol. The molecule has 0 fully saturated rings. The second-order valence-corrected chi connectivity index (χ2v) is 5.93. The summed E-state index contributed by atoms with van der Waals surface area (Å²) in [4.78, 5) is 46.7. The minimum absolute atomic E-state index is 0.00283. The fraction of sp³-hybridized carbons (Fsp3) is 0.765. The van der Waals surface area contributed by atoms with Gasteiger partial charge in [-0.2, -0.15) is 0 Å². The SMILES string of the molecule is COCCOCNC(=O)CNC(=O)CCC(N)C(=O)NCC(=O)NCOCCOC. The van der Waals surface area contributed by atoms with Gasteiger partial charge in [-0.1, -0.05) is 0 Å². The lowest BCUT2D eigenvalue weighted by atomic mass is 10.1. The Bertz CT molecular complexity index is 520. The second kappa shape index (κ2) is 18.7. The Morgan fingerprint density at radius 1 is 0.733 bits per heavy atom. The molecule has 0 aliphatic carbocycles. The van der Waals surface area contributed by atoms with Gasteiger partial charge in [0.05, 0.1) is 45.6 Å². The fourth-order valence-corrected chi connectivity index (χ4v) is 1.80. The molecule has 0 aliphatic heterocycles. The molecule has 13 heteroatoms. The largest absolute Gasteiger partial charge is 0.382 e. The van der Waals surface area contributed by atoms with Gasteiger partial charge in [-0.25, -0.2) is 0 Å².